The molecule has 154 valence electrons. The third kappa shape index (κ3) is 10.3. The van der Waals surface area contributed by atoms with E-state index >= 15 is 0 Å². The summed E-state index contributed by atoms with van der Waals surface area (Å²) in [6.45, 7) is 13.3. The van der Waals surface area contributed by atoms with E-state index in [2.05, 4.69) is 47.4 Å². The molecular formula is C21H38IN5. The van der Waals surface area contributed by atoms with Gasteiger partial charge in [-0.05, 0) is 56.7 Å². The van der Waals surface area contributed by atoms with Crippen molar-refractivity contribution in [2.24, 2.45) is 16.8 Å². The van der Waals surface area contributed by atoms with Gasteiger partial charge in [0.05, 0.1) is 0 Å². The SMILES string of the molecule is CCNC(=NCCCCN1CC(C)CC(C)C1)NCCc1ccccn1.I. The van der Waals surface area contributed by atoms with E-state index in [1.165, 1.54) is 32.5 Å². The number of aromatic nitrogens is 1. The van der Waals surface area contributed by atoms with Crippen LogP contribution in [0.4, 0.5) is 0 Å². The fourth-order valence-electron chi connectivity index (χ4n) is 3.81. The number of pyridine rings is 1. The molecule has 0 aliphatic carbocycles. The number of rotatable bonds is 9. The van der Waals surface area contributed by atoms with Gasteiger partial charge in [-0.3, -0.25) is 9.98 Å². The molecule has 2 N–H and O–H groups in total. The summed E-state index contributed by atoms with van der Waals surface area (Å²) in [6, 6.07) is 6.05. The molecule has 0 spiro atoms. The van der Waals surface area contributed by atoms with E-state index in [1.807, 2.05) is 18.3 Å². The highest BCUT2D eigenvalue weighted by atomic mass is 127. The smallest absolute Gasteiger partial charge is 0.191 e. The van der Waals surface area contributed by atoms with Crippen molar-refractivity contribution in [2.45, 2.75) is 46.5 Å². The molecule has 1 fully saturated rings. The quantitative estimate of drug-likeness (QED) is 0.242. The third-order valence-corrected chi connectivity index (χ3v) is 4.84. The highest BCUT2D eigenvalue weighted by Crippen LogP contribution is 2.20. The molecule has 2 unspecified atom stereocenters. The Kier molecular flexibility index (Phi) is 12.7. The molecule has 0 bridgehead atoms. The molecule has 1 aliphatic rings. The molecule has 2 atom stereocenters. The van der Waals surface area contributed by atoms with Crippen molar-refractivity contribution in [1.82, 2.24) is 20.5 Å². The maximum Gasteiger partial charge on any atom is 0.191 e. The zero-order valence-corrected chi connectivity index (χ0v) is 19.6. The first-order valence-corrected chi connectivity index (χ1v) is 10.3. The summed E-state index contributed by atoms with van der Waals surface area (Å²) in [4.78, 5) is 11.7. The number of piperidine rings is 1. The summed E-state index contributed by atoms with van der Waals surface area (Å²) in [6.07, 6.45) is 6.53. The predicted octanol–water partition coefficient (Wildman–Crippen LogP) is 3.56. The topological polar surface area (TPSA) is 52.6 Å². The van der Waals surface area contributed by atoms with Gasteiger partial charge in [0.1, 0.15) is 0 Å². The Bertz CT molecular complexity index is 513. The molecule has 1 aliphatic heterocycles. The van der Waals surface area contributed by atoms with Crippen LogP contribution in [0.25, 0.3) is 0 Å². The van der Waals surface area contributed by atoms with Gasteiger partial charge < -0.3 is 15.5 Å². The van der Waals surface area contributed by atoms with Crippen LogP contribution in [-0.4, -0.2) is 55.1 Å². The summed E-state index contributed by atoms with van der Waals surface area (Å²) in [5.74, 6) is 2.62. The number of unbranched alkanes of at least 4 members (excludes halogenated alkanes) is 1. The summed E-state index contributed by atoms with van der Waals surface area (Å²) < 4.78 is 0. The zero-order valence-electron chi connectivity index (χ0n) is 17.3. The number of aliphatic imine (C=N–C) groups is 1. The summed E-state index contributed by atoms with van der Waals surface area (Å²) >= 11 is 0. The van der Waals surface area contributed by atoms with Gasteiger partial charge in [0, 0.05) is 51.0 Å². The second kappa shape index (κ2) is 14.2. The van der Waals surface area contributed by atoms with Crippen molar-refractivity contribution in [1.29, 1.82) is 0 Å². The van der Waals surface area contributed by atoms with Crippen LogP contribution in [0, 0.1) is 11.8 Å². The number of guanidine groups is 1. The third-order valence-electron chi connectivity index (χ3n) is 4.84. The molecule has 1 aromatic rings. The highest BCUT2D eigenvalue weighted by molar-refractivity contribution is 14.0. The van der Waals surface area contributed by atoms with Gasteiger partial charge in [-0.25, -0.2) is 0 Å². The predicted molar refractivity (Wildman–Crippen MR) is 126 cm³/mol. The molecule has 0 radical (unpaired) electrons. The first-order chi connectivity index (χ1) is 12.7. The number of hydrogen-bond acceptors (Lipinski definition) is 3. The molecule has 1 saturated heterocycles. The lowest BCUT2D eigenvalue weighted by Crippen LogP contribution is -2.39. The lowest BCUT2D eigenvalue weighted by Gasteiger charge is -2.34. The van der Waals surface area contributed by atoms with Gasteiger partial charge in [0.2, 0.25) is 0 Å². The zero-order chi connectivity index (χ0) is 18.6. The van der Waals surface area contributed by atoms with E-state index < -0.39 is 0 Å². The fraction of sp³-hybridized carbons (Fsp3) is 0.714. The fourth-order valence-corrected chi connectivity index (χ4v) is 3.81. The summed E-state index contributed by atoms with van der Waals surface area (Å²) in [7, 11) is 0. The molecule has 2 rings (SSSR count). The Labute approximate surface area is 182 Å². The van der Waals surface area contributed by atoms with Crippen LogP contribution in [-0.2, 0) is 6.42 Å². The van der Waals surface area contributed by atoms with Crippen LogP contribution in [0.3, 0.4) is 0 Å². The first kappa shape index (κ1) is 24.1. The van der Waals surface area contributed by atoms with Crippen molar-refractivity contribution in [3.63, 3.8) is 0 Å². The molecule has 5 nitrogen and oxygen atoms in total. The van der Waals surface area contributed by atoms with Crippen molar-refractivity contribution in [3.8, 4) is 0 Å². The van der Waals surface area contributed by atoms with Crippen molar-refractivity contribution in [3.05, 3.63) is 30.1 Å². The minimum atomic E-state index is 0. The molecule has 6 heteroatoms. The van der Waals surface area contributed by atoms with Crippen LogP contribution < -0.4 is 10.6 Å². The van der Waals surface area contributed by atoms with Gasteiger partial charge in [-0.1, -0.05) is 19.9 Å². The van der Waals surface area contributed by atoms with Gasteiger partial charge in [0.25, 0.3) is 0 Å². The van der Waals surface area contributed by atoms with Crippen LogP contribution in [0.2, 0.25) is 0 Å². The Morgan fingerprint density at radius 3 is 2.63 bits per heavy atom. The second-order valence-corrected chi connectivity index (χ2v) is 7.67. The van der Waals surface area contributed by atoms with E-state index in [0.29, 0.717) is 0 Å². The number of nitrogens with zero attached hydrogens (tertiary/aromatic N) is 3. The maximum absolute atomic E-state index is 4.71. The molecule has 27 heavy (non-hydrogen) atoms. The van der Waals surface area contributed by atoms with Gasteiger partial charge in [-0.2, -0.15) is 0 Å². The Balaban J connectivity index is 0.00000364. The monoisotopic (exact) mass is 487 g/mol. The minimum absolute atomic E-state index is 0. The molecule has 2 heterocycles. The van der Waals surface area contributed by atoms with Crippen LogP contribution >= 0.6 is 24.0 Å². The molecule has 0 saturated carbocycles. The van der Waals surface area contributed by atoms with Crippen molar-refractivity contribution < 1.29 is 0 Å². The van der Waals surface area contributed by atoms with E-state index in [4.69, 9.17) is 4.99 Å². The normalized spacial score (nSPS) is 20.8. The Hall–Kier alpha value is -0.890. The van der Waals surface area contributed by atoms with Crippen LogP contribution in [0.1, 0.15) is 45.7 Å². The average molecular weight is 487 g/mol. The van der Waals surface area contributed by atoms with Crippen molar-refractivity contribution in [2.75, 3.05) is 39.3 Å². The molecule has 1 aromatic heterocycles. The molecule has 0 aromatic carbocycles. The Morgan fingerprint density at radius 2 is 1.96 bits per heavy atom. The van der Waals surface area contributed by atoms with Crippen molar-refractivity contribution >= 4 is 29.9 Å². The van der Waals surface area contributed by atoms with Gasteiger partial charge >= 0.3 is 0 Å². The van der Waals surface area contributed by atoms with E-state index in [-0.39, 0.29) is 24.0 Å². The Morgan fingerprint density at radius 1 is 1.19 bits per heavy atom. The molecular weight excluding hydrogens is 449 g/mol. The molecule has 0 amide bonds. The number of halogens is 1. The maximum atomic E-state index is 4.71. The average Bonchev–Trinajstić information content (AvgIpc) is 2.61. The highest BCUT2D eigenvalue weighted by Gasteiger charge is 2.20. The summed E-state index contributed by atoms with van der Waals surface area (Å²) in [5.41, 5.74) is 1.11. The van der Waals surface area contributed by atoms with Crippen LogP contribution in [0.15, 0.2) is 29.4 Å². The van der Waals surface area contributed by atoms with Gasteiger partial charge in [-0.15, -0.1) is 24.0 Å². The summed E-state index contributed by atoms with van der Waals surface area (Å²) in [5, 5.41) is 6.74. The van der Waals surface area contributed by atoms with Gasteiger partial charge in [0.15, 0.2) is 5.96 Å². The number of hydrogen-bond donors (Lipinski definition) is 2. The first-order valence-electron chi connectivity index (χ1n) is 10.3. The lowest BCUT2D eigenvalue weighted by atomic mass is 9.92. The van der Waals surface area contributed by atoms with E-state index in [9.17, 15) is 0 Å². The van der Waals surface area contributed by atoms with E-state index in [0.717, 1.165) is 56.0 Å². The number of likely N-dealkylation sites (tertiary alicyclic amines) is 1. The lowest BCUT2D eigenvalue weighted by molar-refractivity contribution is 0.139. The largest absolute Gasteiger partial charge is 0.357 e. The van der Waals surface area contributed by atoms with E-state index in [1.54, 1.807) is 0 Å². The number of nitrogens with one attached hydrogen (secondary N) is 2. The minimum Gasteiger partial charge on any atom is -0.357 e. The van der Waals surface area contributed by atoms with Crippen LogP contribution in [0.5, 0.6) is 0 Å². The standard InChI is InChI=1S/C21H37N5.HI/c1-4-22-21(25-13-10-20-9-5-6-11-23-20)24-12-7-8-14-26-16-18(2)15-19(3)17-26;/h5-6,9,11,18-19H,4,7-8,10,12-17H2,1-3H3,(H2,22,24,25);1H. The second-order valence-electron chi connectivity index (χ2n) is 7.67.